The summed E-state index contributed by atoms with van der Waals surface area (Å²) in [5.41, 5.74) is 0.412. The molecule has 0 saturated heterocycles. The zero-order valence-electron chi connectivity index (χ0n) is 10.2. The zero-order chi connectivity index (χ0) is 12.8. The fourth-order valence-corrected chi connectivity index (χ4v) is 1.52. The Hall–Kier alpha value is -1.00. The van der Waals surface area contributed by atoms with Crippen LogP contribution in [0.15, 0.2) is 18.2 Å². The number of halogens is 2. The lowest BCUT2D eigenvalue weighted by molar-refractivity contribution is 0.166. The molecule has 1 atom stereocenters. The van der Waals surface area contributed by atoms with Gasteiger partial charge in [0.05, 0.1) is 6.10 Å². The lowest BCUT2D eigenvalue weighted by Crippen LogP contribution is -2.22. The first kappa shape index (κ1) is 14.1. The lowest BCUT2D eigenvalue weighted by Gasteiger charge is -2.12. The molecule has 0 heterocycles. The second-order valence-corrected chi connectivity index (χ2v) is 4.58. The van der Waals surface area contributed by atoms with Crippen molar-refractivity contribution in [1.29, 1.82) is 0 Å². The molecule has 0 spiro atoms. The molecule has 0 bridgehead atoms. The largest absolute Gasteiger partial charge is 0.388 e. The molecule has 0 aliphatic rings. The van der Waals surface area contributed by atoms with Crippen molar-refractivity contribution >= 4 is 0 Å². The number of nitrogens with one attached hydrogen (secondary N) is 1. The smallest absolute Gasteiger partial charge is 0.159 e. The van der Waals surface area contributed by atoms with E-state index >= 15 is 0 Å². The molecule has 0 aliphatic carbocycles. The molecule has 17 heavy (non-hydrogen) atoms. The van der Waals surface area contributed by atoms with E-state index in [2.05, 4.69) is 19.2 Å². The molecule has 0 radical (unpaired) electrons. The fraction of sp³-hybridized carbons (Fsp3) is 0.538. The summed E-state index contributed by atoms with van der Waals surface area (Å²) in [4.78, 5) is 0. The maximum atomic E-state index is 12.9. The molecule has 0 aromatic heterocycles. The van der Waals surface area contributed by atoms with E-state index in [-0.39, 0.29) is 0 Å². The predicted molar refractivity (Wildman–Crippen MR) is 63.6 cm³/mol. The van der Waals surface area contributed by atoms with E-state index in [4.69, 9.17) is 0 Å². The molecule has 0 saturated carbocycles. The van der Waals surface area contributed by atoms with Gasteiger partial charge in [0.1, 0.15) is 0 Å². The Morgan fingerprint density at radius 3 is 2.53 bits per heavy atom. The van der Waals surface area contributed by atoms with Crippen molar-refractivity contribution in [3.05, 3.63) is 35.4 Å². The molecule has 4 heteroatoms. The summed E-state index contributed by atoms with van der Waals surface area (Å²) >= 11 is 0. The van der Waals surface area contributed by atoms with Crippen LogP contribution in [0.1, 0.15) is 31.9 Å². The normalized spacial score (nSPS) is 13.1. The Balaban J connectivity index is 2.41. The summed E-state index contributed by atoms with van der Waals surface area (Å²) in [6.45, 7) is 5.72. The Labute approximate surface area is 101 Å². The van der Waals surface area contributed by atoms with Gasteiger partial charge in [-0.25, -0.2) is 8.78 Å². The van der Waals surface area contributed by atoms with Crippen molar-refractivity contribution in [1.82, 2.24) is 5.32 Å². The summed E-state index contributed by atoms with van der Waals surface area (Å²) in [5, 5.41) is 13.0. The number of hydrogen-bond donors (Lipinski definition) is 2. The van der Waals surface area contributed by atoms with Crippen molar-refractivity contribution in [3.63, 3.8) is 0 Å². The van der Waals surface area contributed by atoms with Crippen molar-refractivity contribution in [2.24, 2.45) is 5.92 Å². The van der Waals surface area contributed by atoms with Crippen molar-refractivity contribution < 1.29 is 13.9 Å². The Morgan fingerprint density at radius 2 is 1.94 bits per heavy atom. The number of aliphatic hydroxyl groups is 1. The van der Waals surface area contributed by atoms with Gasteiger partial charge in [-0.1, -0.05) is 19.9 Å². The highest BCUT2D eigenvalue weighted by atomic mass is 19.2. The molecular formula is C13H19F2NO. The van der Waals surface area contributed by atoms with Crippen LogP contribution in [-0.2, 0) is 0 Å². The Bertz CT molecular complexity index is 355. The van der Waals surface area contributed by atoms with Crippen LogP contribution in [0.25, 0.3) is 0 Å². The van der Waals surface area contributed by atoms with E-state index in [0.717, 1.165) is 18.7 Å². The van der Waals surface area contributed by atoms with Crippen LogP contribution in [-0.4, -0.2) is 18.2 Å². The van der Waals surface area contributed by atoms with E-state index in [1.54, 1.807) is 0 Å². The van der Waals surface area contributed by atoms with E-state index in [0.29, 0.717) is 24.4 Å². The number of aliphatic hydroxyl groups excluding tert-OH is 1. The highest BCUT2D eigenvalue weighted by Crippen LogP contribution is 2.18. The van der Waals surface area contributed by atoms with Gasteiger partial charge < -0.3 is 10.4 Å². The monoisotopic (exact) mass is 243 g/mol. The van der Waals surface area contributed by atoms with Gasteiger partial charge in [-0.05, 0) is 43.1 Å². The maximum Gasteiger partial charge on any atom is 0.159 e. The van der Waals surface area contributed by atoms with Gasteiger partial charge in [-0.15, -0.1) is 0 Å². The van der Waals surface area contributed by atoms with E-state index in [1.807, 2.05) is 0 Å². The second-order valence-electron chi connectivity index (χ2n) is 4.58. The van der Waals surface area contributed by atoms with Crippen LogP contribution in [0.3, 0.4) is 0 Å². The quantitative estimate of drug-likeness (QED) is 0.753. The molecule has 1 rings (SSSR count). The number of rotatable bonds is 6. The highest BCUT2D eigenvalue weighted by molar-refractivity contribution is 5.19. The van der Waals surface area contributed by atoms with Crippen LogP contribution in [0.4, 0.5) is 8.78 Å². The minimum atomic E-state index is -0.920. The van der Waals surface area contributed by atoms with E-state index in [1.165, 1.54) is 6.07 Å². The maximum absolute atomic E-state index is 12.9. The van der Waals surface area contributed by atoms with Crippen molar-refractivity contribution in [2.75, 3.05) is 13.1 Å². The van der Waals surface area contributed by atoms with Gasteiger partial charge in [-0.3, -0.25) is 0 Å². The van der Waals surface area contributed by atoms with Gasteiger partial charge in [0, 0.05) is 0 Å². The summed E-state index contributed by atoms with van der Waals surface area (Å²) in [5.74, 6) is -1.26. The summed E-state index contributed by atoms with van der Waals surface area (Å²) in [6.07, 6.45) is -0.276. The van der Waals surface area contributed by atoms with Gasteiger partial charge in [0.15, 0.2) is 11.6 Å². The Morgan fingerprint density at radius 1 is 1.24 bits per heavy atom. The van der Waals surface area contributed by atoms with Gasteiger partial charge in [0.2, 0.25) is 0 Å². The highest BCUT2D eigenvalue weighted by Gasteiger charge is 2.10. The van der Waals surface area contributed by atoms with Crippen LogP contribution >= 0.6 is 0 Å². The summed E-state index contributed by atoms with van der Waals surface area (Å²) < 4.78 is 25.6. The van der Waals surface area contributed by atoms with Gasteiger partial charge in [-0.2, -0.15) is 0 Å². The van der Waals surface area contributed by atoms with Gasteiger partial charge in [0.25, 0.3) is 0 Å². The average molecular weight is 243 g/mol. The first-order chi connectivity index (χ1) is 8.00. The lowest BCUT2D eigenvalue weighted by atomic mass is 10.1. The Kier molecular flexibility index (Phi) is 5.51. The van der Waals surface area contributed by atoms with Gasteiger partial charge >= 0.3 is 0 Å². The van der Waals surface area contributed by atoms with Crippen LogP contribution in [0.5, 0.6) is 0 Å². The molecule has 0 amide bonds. The first-order valence-electron chi connectivity index (χ1n) is 5.84. The minimum absolute atomic E-state index is 0.412. The zero-order valence-corrected chi connectivity index (χ0v) is 10.2. The number of benzene rings is 1. The van der Waals surface area contributed by atoms with Crippen LogP contribution in [0, 0.1) is 17.6 Å². The van der Waals surface area contributed by atoms with Crippen molar-refractivity contribution in [3.8, 4) is 0 Å². The molecule has 96 valence electrons. The number of hydrogen-bond acceptors (Lipinski definition) is 2. The van der Waals surface area contributed by atoms with Crippen molar-refractivity contribution in [2.45, 2.75) is 26.4 Å². The first-order valence-corrected chi connectivity index (χ1v) is 5.84. The third kappa shape index (κ3) is 4.79. The van der Waals surface area contributed by atoms with E-state index < -0.39 is 17.7 Å². The molecule has 1 aromatic rings. The molecule has 1 unspecified atom stereocenters. The standard InChI is InChI=1S/C13H19F2NO/c1-9(2)8-16-6-5-13(17)10-3-4-11(14)12(15)7-10/h3-4,7,9,13,16-17H,5-6,8H2,1-2H3. The van der Waals surface area contributed by atoms with Crippen LogP contribution in [0.2, 0.25) is 0 Å². The predicted octanol–water partition coefficient (Wildman–Crippen LogP) is 2.63. The summed E-state index contributed by atoms with van der Waals surface area (Å²) in [6, 6.07) is 3.49. The summed E-state index contributed by atoms with van der Waals surface area (Å²) in [7, 11) is 0. The minimum Gasteiger partial charge on any atom is -0.388 e. The van der Waals surface area contributed by atoms with E-state index in [9.17, 15) is 13.9 Å². The SMILES string of the molecule is CC(C)CNCCC(O)c1ccc(F)c(F)c1. The molecule has 2 nitrogen and oxygen atoms in total. The fourth-order valence-electron chi connectivity index (χ4n) is 1.52. The molecule has 0 fully saturated rings. The topological polar surface area (TPSA) is 32.3 Å². The average Bonchev–Trinajstić information content (AvgIpc) is 2.27. The molecule has 1 aromatic carbocycles. The molecular weight excluding hydrogens is 224 g/mol. The van der Waals surface area contributed by atoms with Crippen LogP contribution < -0.4 is 5.32 Å². The molecule has 0 aliphatic heterocycles. The third-order valence-electron chi connectivity index (χ3n) is 2.48. The second kappa shape index (κ2) is 6.67. The third-order valence-corrected chi connectivity index (χ3v) is 2.48. The molecule has 2 N–H and O–H groups in total.